The van der Waals surface area contributed by atoms with Gasteiger partial charge in [0.25, 0.3) is 5.91 Å². The number of carbonyl (C=O) groups is 1. The normalized spacial score (nSPS) is 10.8. The Hall–Kier alpha value is -1.31. The topological polar surface area (TPSA) is 65.5 Å². The Morgan fingerprint density at radius 3 is 2.48 bits per heavy atom. The highest BCUT2D eigenvalue weighted by atomic mass is 127. The van der Waals surface area contributed by atoms with Crippen molar-refractivity contribution < 1.29 is 4.79 Å². The predicted octanol–water partition coefficient (Wildman–Crippen LogP) is 3.69. The molecule has 0 saturated carbocycles. The first-order valence-corrected chi connectivity index (χ1v) is 9.02. The molecule has 0 atom stereocenters. The number of unbranched alkanes of at least 4 members (excludes halogenated alkanes) is 3. The second-order valence-corrected chi connectivity index (χ2v) is 5.87. The fourth-order valence-electron chi connectivity index (χ4n) is 2.33. The van der Waals surface area contributed by atoms with E-state index in [0.29, 0.717) is 18.7 Å². The summed E-state index contributed by atoms with van der Waals surface area (Å²) in [6.45, 7) is 6.53. The van der Waals surface area contributed by atoms with E-state index in [1.165, 1.54) is 19.3 Å². The Bertz CT molecular complexity index is 520. The number of amides is 1. The Morgan fingerprint density at radius 1 is 1.00 bits per heavy atom. The zero-order valence-corrected chi connectivity index (χ0v) is 18.1. The fourth-order valence-corrected chi connectivity index (χ4v) is 2.33. The fraction of sp³-hybridized carbons (Fsp3) is 0.579. The first-order chi connectivity index (χ1) is 11.7. The zero-order valence-electron chi connectivity index (χ0n) is 15.7. The van der Waals surface area contributed by atoms with Crippen molar-refractivity contribution in [1.29, 1.82) is 0 Å². The molecule has 0 bridgehead atoms. The van der Waals surface area contributed by atoms with Crippen molar-refractivity contribution in [3.63, 3.8) is 0 Å². The summed E-state index contributed by atoms with van der Waals surface area (Å²) in [6, 6.07) is 7.69. The smallest absolute Gasteiger partial charge is 0.251 e. The number of benzene rings is 1. The highest BCUT2D eigenvalue weighted by Gasteiger charge is 2.05. The van der Waals surface area contributed by atoms with Crippen LogP contribution in [0.25, 0.3) is 0 Å². The molecule has 142 valence electrons. The van der Waals surface area contributed by atoms with Crippen LogP contribution in [0.1, 0.15) is 61.9 Å². The van der Waals surface area contributed by atoms with Gasteiger partial charge in [0.1, 0.15) is 0 Å². The number of halogens is 1. The van der Waals surface area contributed by atoms with Gasteiger partial charge in [0, 0.05) is 32.2 Å². The number of hydrogen-bond donors (Lipinski definition) is 3. The summed E-state index contributed by atoms with van der Waals surface area (Å²) in [5.41, 5.74) is 1.76. The minimum atomic E-state index is -0.0165. The molecule has 0 aliphatic heterocycles. The predicted molar refractivity (Wildman–Crippen MR) is 117 cm³/mol. The van der Waals surface area contributed by atoms with Gasteiger partial charge in [0.15, 0.2) is 5.96 Å². The molecule has 1 aromatic rings. The average Bonchev–Trinajstić information content (AvgIpc) is 2.62. The van der Waals surface area contributed by atoms with Crippen LogP contribution in [0.3, 0.4) is 0 Å². The number of nitrogens with zero attached hydrogens (tertiary/aromatic N) is 1. The lowest BCUT2D eigenvalue weighted by Gasteiger charge is -2.12. The van der Waals surface area contributed by atoms with E-state index < -0.39 is 0 Å². The summed E-state index contributed by atoms with van der Waals surface area (Å²) >= 11 is 0. The van der Waals surface area contributed by atoms with Crippen LogP contribution in [-0.2, 0) is 6.54 Å². The van der Waals surface area contributed by atoms with Crippen LogP contribution in [0.2, 0.25) is 0 Å². The Balaban J connectivity index is 0.00000576. The van der Waals surface area contributed by atoms with Gasteiger partial charge in [0.05, 0.1) is 0 Å². The van der Waals surface area contributed by atoms with Gasteiger partial charge in [-0.05, 0) is 30.5 Å². The zero-order chi connectivity index (χ0) is 17.6. The van der Waals surface area contributed by atoms with E-state index in [1.54, 1.807) is 7.05 Å². The Labute approximate surface area is 169 Å². The summed E-state index contributed by atoms with van der Waals surface area (Å²) in [6.07, 6.45) is 5.86. The molecular formula is C19H33IN4O. The molecule has 0 saturated heterocycles. The summed E-state index contributed by atoms with van der Waals surface area (Å²) in [7, 11) is 1.77. The summed E-state index contributed by atoms with van der Waals surface area (Å²) in [5, 5.41) is 9.52. The number of aliphatic imine (C=N–C) groups is 1. The molecule has 25 heavy (non-hydrogen) atoms. The van der Waals surface area contributed by atoms with E-state index in [-0.39, 0.29) is 29.9 Å². The lowest BCUT2D eigenvalue weighted by Crippen LogP contribution is -2.37. The standard InChI is InChI=1S/C19H32N4O.HI/c1-4-6-7-8-13-22-19(20-3)23-15-16-10-9-11-17(14-16)18(24)21-12-5-2;/h9-11,14H,4-8,12-13,15H2,1-3H3,(H,21,24)(H2,20,22,23);1H. The van der Waals surface area contributed by atoms with Crippen LogP contribution in [0.15, 0.2) is 29.3 Å². The van der Waals surface area contributed by atoms with Crippen molar-refractivity contribution in [3.05, 3.63) is 35.4 Å². The maximum absolute atomic E-state index is 12.0. The molecule has 1 aromatic carbocycles. The maximum atomic E-state index is 12.0. The number of guanidine groups is 1. The first kappa shape index (κ1) is 23.7. The molecule has 3 N–H and O–H groups in total. The molecule has 5 nitrogen and oxygen atoms in total. The first-order valence-electron chi connectivity index (χ1n) is 9.02. The van der Waals surface area contributed by atoms with Gasteiger partial charge >= 0.3 is 0 Å². The third-order valence-electron chi connectivity index (χ3n) is 3.73. The number of nitrogens with one attached hydrogen (secondary N) is 3. The molecule has 0 fully saturated rings. The second kappa shape index (κ2) is 15.0. The van der Waals surface area contributed by atoms with E-state index >= 15 is 0 Å². The van der Waals surface area contributed by atoms with Gasteiger partial charge in [-0.2, -0.15) is 0 Å². The molecule has 0 radical (unpaired) electrons. The third kappa shape index (κ3) is 10.3. The van der Waals surface area contributed by atoms with Gasteiger partial charge in [-0.1, -0.05) is 45.2 Å². The molecule has 0 unspecified atom stereocenters. The third-order valence-corrected chi connectivity index (χ3v) is 3.73. The van der Waals surface area contributed by atoms with E-state index in [4.69, 9.17) is 0 Å². The molecule has 1 amide bonds. The molecule has 0 heterocycles. The van der Waals surface area contributed by atoms with Crippen LogP contribution in [0, 0.1) is 0 Å². The van der Waals surface area contributed by atoms with Crippen molar-refractivity contribution in [1.82, 2.24) is 16.0 Å². The summed E-state index contributed by atoms with van der Waals surface area (Å²) < 4.78 is 0. The maximum Gasteiger partial charge on any atom is 0.251 e. The lowest BCUT2D eigenvalue weighted by atomic mass is 10.1. The van der Waals surface area contributed by atoms with Crippen LogP contribution in [-0.4, -0.2) is 32.0 Å². The van der Waals surface area contributed by atoms with Crippen molar-refractivity contribution in [3.8, 4) is 0 Å². The lowest BCUT2D eigenvalue weighted by molar-refractivity contribution is 0.0953. The van der Waals surface area contributed by atoms with Crippen LogP contribution < -0.4 is 16.0 Å². The minimum Gasteiger partial charge on any atom is -0.356 e. The number of rotatable bonds is 10. The SMILES string of the molecule is CCCCCCNC(=NC)NCc1cccc(C(=O)NCCC)c1.I. The van der Waals surface area contributed by atoms with Gasteiger partial charge in [-0.15, -0.1) is 24.0 Å². The van der Waals surface area contributed by atoms with Crippen LogP contribution >= 0.6 is 24.0 Å². The number of carbonyl (C=O) groups excluding carboxylic acids is 1. The minimum absolute atomic E-state index is 0. The van der Waals surface area contributed by atoms with E-state index in [0.717, 1.165) is 30.9 Å². The molecule has 0 aliphatic rings. The van der Waals surface area contributed by atoms with Crippen LogP contribution in [0.4, 0.5) is 0 Å². The van der Waals surface area contributed by atoms with E-state index in [9.17, 15) is 4.79 Å². The second-order valence-electron chi connectivity index (χ2n) is 5.87. The van der Waals surface area contributed by atoms with Crippen molar-refractivity contribution >= 4 is 35.8 Å². The van der Waals surface area contributed by atoms with Crippen molar-refractivity contribution in [2.45, 2.75) is 52.5 Å². The van der Waals surface area contributed by atoms with Gasteiger partial charge in [-0.3, -0.25) is 9.79 Å². The molecule has 0 aliphatic carbocycles. The van der Waals surface area contributed by atoms with Gasteiger partial charge < -0.3 is 16.0 Å². The van der Waals surface area contributed by atoms with Gasteiger partial charge in [0.2, 0.25) is 0 Å². The molecule has 0 aromatic heterocycles. The molecular weight excluding hydrogens is 427 g/mol. The van der Waals surface area contributed by atoms with Crippen molar-refractivity contribution in [2.24, 2.45) is 4.99 Å². The molecule has 1 rings (SSSR count). The monoisotopic (exact) mass is 460 g/mol. The van der Waals surface area contributed by atoms with E-state index in [2.05, 4.69) is 27.9 Å². The van der Waals surface area contributed by atoms with E-state index in [1.807, 2.05) is 31.2 Å². The highest BCUT2D eigenvalue weighted by molar-refractivity contribution is 14.0. The highest BCUT2D eigenvalue weighted by Crippen LogP contribution is 2.05. The molecule has 6 heteroatoms. The number of hydrogen-bond acceptors (Lipinski definition) is 2. The van der Waals surface area contributed by atoms with Crippen molar-refractivity contribution in [2.75, 3.05) is 20.1 Å². The largest absolute Gasteiger partial charge is 0.356 e. The van der Waals surface area contributed by atoms with Gasteiger partial charge in [-0.25, -0.2) is 0 Å². The summed E-state index contributed by atoms with van der Waals surface area (Å²) in [4.78, 5) is 16.2. The molecule has 0 spiro atoms. The summed E-state index contributed by atoms with van der Waals surface area (Å²) in [5.74, 6) is 0.782. The Kier molecular flexibility index (Phi) is 14.2. The quantitative estimate of drug-likeness (QED) is 0.216. The Morgan fingerprint density at radius 2 is 1.80 bits per heavy atom. The van der Waals surface area contributed by atoms with Crippen LogP contribution in [0.5, 0.6) is 0 Å². The average molecular weight is 460 g/mol.